The molecule has 0 aliphatic rings. The molecular weight excluding hydrogens is 224 g/mol. The van der Waals surface area contributed by atoms with E-state index in [-0.39, 0.29) is 12.2 Å². The van der Waals surface area contributed by atoms with Gasteiger partial charge in [0.15, 0.2) is 6.10 Å². The molecular formula is C11H14N2O4. The summed E-state index contributed by atoms with van der Waals surface area (Å²) in [6, 6.07) is 5.01. The van der Waals surface area contributed by atoms with Crippen LogP contribution < -0.4 is 5.32 Å². The first-order valence-corrected chi connectivity index (χ1v) is 5.02. The van der Waals surface area contributed by atoms with Gasteiger partial charge in [0.2, 0.25) is 0 Å². The lowest BCUT2D eigenvalue weighted by Crippen LogP contribution is -2.37. The Labute approximate surface area is 98.6 Å². The molecule has 1 unspecified atom stereocenters. The van der Waals surface area contributed by atoms with Gasteiger partial charge in [0, 0.05) is 5.69 Å². The maximum atomic E-state index is 11.6. The van der Waals surface area contributed by atoms with Gasteiger partial charge in [-0.1, -0.05) is 6.07 Å². The van der Waals surface area contributed by atoms with Crippen molar-refractivity contribution in [1.29, 1.82) is 0 Å². The van der Waals surface area contributed by atoms with Crippen molar-refractivity contribution in [3.05, 3.63) is 29.6 Å². The lowest BCUT2D eigenvalue weighted by Gasteiger charge is -2.09. The fourth-order valence-corrected chi connectivity index (χ4v) is 1.17. The van der Waals surface area contributed by atoms with Crippen molar-refractivity contribution in [3.8, 4) is 0 Å². The Hall–Kier alpha value is -1.95. The second kappa shape index (κ2) is 5.95. The second-order valence-corrected chi connectivity index (χ2v) is 3.41. The molecule has 0 bridgehead atoms. The van der Waals surface area contributed by atoms with Gasteiger partial charge in [0.05, 0.1) is 13.7 Å². The predicted molar refractivity (Wildman–Crippen MR) is 59.3 cm³/mol. The highest BCUT2D eigenvalue weighted by Gasteiger charge is 2.17. The number of carbonyl (C=O) groups excluding carboxylic acids is 2. The quantitative estimate of drug-likeness (QED) is 0.700. The number of methoxy groups -OCH3 is 1. The molecule has 0 aliphatic carbocycles. The molecule has 0 aliphatic heterocycles. The number of ether oxygens (including phenoxy) is 1. The minimum atomic E-state index is -1.37. The van der Waals surface area contributed by atoms with Gasteiger partial charge in [-0.05, 0) is 19.1 Å². The Morgan fingerprint density at radius 1 is 1.53 bits per heavy atom. The number of aliphatic hydroxyl groups excluding tert-OH is 1. The zero-order valence-corrected chi connectivity index (χ0v) is 9.64. The van der Waals surface area contributed by atoms with Crippen molar-refractivity contribution in [1.82, 2.24) is 10.3 Å². The smallest absolute Gasteiger partial charge is 0.336 e. The normalized spacial score (nSPS) is 11.7. The summed E-state index contributed by atoms with van der Waals surface area (Å²) in [5, 5.41) is 11.6. The maximum absolute atomic E-state index is 11.6. The number of hydrogen-bond donors (Lipinski definition) is 2. The van der Waals surface area contributed by atoms with Crippen molar-refractivity contribution < 1.29 is 19.4 Å². The molecule has 1 aromatic heterocycles. The molecule has 17 heavy (non-hydrogen) atoms. The van der Waals surface area contributed by atoms with Crippen LogP contribution in [0.2, 0.25) is 0 Å². The van der Waals surface area contributed by atoms with Gasteiger partial charge in [0.25, 0.3) is 5.91 Å². The Balaban J connectivity index is 2.53. The maximum Gasteiger partial charge on any atom is 0.336 e. The van der Waals surface area contributed by atoms with E-state index in [0.29, 0.717) is 5.69 Å². The van der Waals surface area contributed by atoms with Gasteiger partial charge in [-0.25, -0.2) is 9.78 Å². The van der Waals surface area contributed by atoms with Crippen LogP contribution >= 0.6 is 0 Å². The molecule has 0 saturated carbocycles. The van der Waals surface area contributed by atoms with Gasteiger partial charge < -0.3 is 15.2 Å². The highest BCUT2D eigenvalue weighted by atomic mass is 16.5. The standard InChI is InChI=1S/C11H14N2O4/c1-7-4-3-5-8(13-7)10(15)12-6-9(14)11(16)17-2/h3-5,9,14H,6H2,1-2H3,(H,12,15). The molecule has 1 atom stereocenters. The summed E-state index contributed by atoms with van der Waals surface area (Å²) >= 11 is 0. The number of carbonyl (C=O) groups is 2. The molecule has 1 rings (SSSR count). The van der Waals surface area contributed by atoms with E-state index in [1.54, 1.807) is 25.1 Å². The summed E-state index contributed by atoms with van der Waals surface area (Å²) < 4.78 is 4.31. The van der Waals surface area contributed by atoms with Crippen molar-refractivity contribution in [2.75, 3.05) is 13.7 Å². The predicted octanol–water partition coefficient (Wildman–Crippen LogP) is -0.346. The molecule has 0 aromatic carbocycles. The number of aliphatic hydroxyl groups is 1. The first-order valence-electron chi connectivity index (χ1n) is 5.02. The summed E-state index contributed by atoms with van der Waals surface area (Å²) in [7, 11) is 1.16. The van der Waals surface area contributed by atoms with E-state index in [1.807, 2.05) is 0 Å². The molecule has 6 heteroatoms. The van der Waals surface area contributed by atoms with Crippen LogP contribution in [0.3, 0.4) is 0 Å². The van der Waals surface area contributed by atoms with Crippen LogP contribution in [0.15, 0.2) is 18.2 Å². The third-order valence-corrected chi connectivity index (χ3v) is 2.05. The zero-order valence-electron chi connectivity index (χ0n) is 9.64. The molecule has 2 N–H and O–H groups in total. The number of nitrogens with one attached hydrogen (secondary N) is 1. The molecule has 1 aromatic rings. The summed E-state index contributed by atoms with van der Waals surface area (Å²) in [5.41, 5.74) is 0.952. The molecule has 92 valence electrons. The number of hydrogen-bond acceptors (Lipinski definition) is 5. The first-order chi connectivity index (χ1) is 8.04. The second-order valence-electron chi connectivity index (χ2n) is 3.41. The van der Waals surface area contributed by atoms with Crippen LogP contribution in [0.5, 0.6) is 0 Å². The Bertz CT molecular complexity index is 420. The minimum absolute atomic E-state index is 0.207. The van der Waals surface area contributed by atoms with Gasteiger partial charge in [-0.2, -0.15) is 0 Å². The monoisotopic (exact) mass is 238 g/mol. The number of esters is 1. The van der Waals surface area contributed by atoms with Crippen LogP contribution in [0.1, 0.15) is 16.2 Å². The lowest BCUT2D eigenvalue weighted by molar-refractivity contribution is -0.149. The molecule has 1 amide bonds. The Morgan fingerprint density at radius 2 is 2.24 bits per heavy atom. The van der Waals surface area contributed by atoms with E-state index in [1.165, 1.54) is 0 Å². The van der Waals surface area contributed by atoms with Crippen LogP contribution in [0.4, 0.5) is 0 Å². The lowest BCUT2D eigenvalue weighted by atomic mass is 10.3. The molecule has 0 fully saturated rings. The SMILES string of the molecule is COC(=O)C(O)CNC(=O)c1cccc(C)n1. The fraction of sp³-hybridized carbons (Fsp3) is 0.364. The van der Waals surface area contributed by atoms with E-state index in [9.17, 15) is 14.7 Å². The van der Waals surface area contributed by atoms with Gasteiger partial charge in [0.1, 0.15) is 5.69 Å². The van der Waals surface area contributed by atoms with Crippen molar-refractivity contribution in [2.24, 2.45) is 0 Å². The highest BCUT2D eigenvalue weighted by Crippen LogP contribution is 1.98. The summed E-state index contributed by atoms with van der Waals surface area (Å²) in [5.74, 6) is -1.24. The first kappa shape index (κ1) is 13.1. The summed E-state index contributed by atoms with van der Waals surface area (Å²) in [6.45, 7) is 1.56. The number of aromatic nitrogens is 1. The number of nitrogens with zero attached hydrogens (tertiary/aromatic N) is 1. The largest absolute Gasteiger partial charge is 0.467 e. The van der Waals surface area contributed by atoms with Gasteiger partial charge in [-0.3, -0.25) is 4.79 Å². The van der Waals surface area contributed by atoms with E-state index in [0.717, 1.165) is 7.11 Å². The van der Waals surface area contributed by atoms with Gasteiger partial charge >= 0.3 is 5.97 Å². The third kappa shape index (κ3) is 3.84. The molecule has 0 spiro atoms. The van der Waals surface area contributed by atoms with Crippen molar-refractivity contribution in [2.45, 2.75) is 13.0 Å². The van der Waals surface area contributed by atoms with Crippen molar-refractivity contribution >= 4 is 11.9 Å². The molecule has 0 saturated heterocycles. The summed E-state index contributed by atoms with van der Waals surface area (Å²) in [6.07, 6.45) is -1.37. The van der Waals surface area contributed by atoms with Crippen LogP contribution in [-0.4, -0.2) is 41.7 Å². The van der Waals surface area contributed by atoms with Gasteiger partial charge in [-0.15, -0.1) is 0 Å². The minimum Gasteiger partial charge on any atom is -0.467 e. The molecule has 0 radical (unpaired) electrons. The zero-order chi connectivity index (χ0) is 12.8. The Morgan fingerprint density at radius 3 is 2.82 bits per heavy atom. The molecule has 1 heterocycles. The van der Waals surface area contributed by atoms with Crippen LogP contribution in [-0.2, 0) is 9.53 Å². The van der Waals surface area contributed by atoms with Crippen LogP contribution in [0, 0.1) is 6.92 Å². The van der Waals surface area contributed by atoms with E-state index in [4.69, 9.17) is 0 Å². The average molecular weight is 238 g/mol. The van der Waals surface area contributed by atoms with E-state index < -0.39 is 18.0 Å². The number of aryl methyl sites for hydroxylation is 1. The van der Waals surface area contributed by atoms with Crippen LogP contribution in [0.25, 0.3) is 0 Å². The Kier molecular flexibility index (Phi) is 4.59. The number of rotatable bonds is 4. The third-order valence-electron chi connectivity index (χ3n) is 2.05. The summed E-state index contributed by atoms with van der Waals surface area (Å²) in [4.78, 5) is 26.5. The number of pyridine rings is 1. The van der Waals surface area contributed by atoms with E-state index >= 15 is 0 Å². The number of amides is 1. The topological polar surface area (TPSA) is 88.5 Å². The van der Waals surface area contributed by atoms with E-state index in [2.05, 4.69) is 15.0 Å². The molecule has 6 nitrogen and oxygen atoms in total. The highest BCUT2D eigenvalue weighted by molar-refractivity contribution is 5.92. The fourth-order valence-electron chi connectivity index (χ4n) is 1.17. The average Bonchev–Trinajstić information content (AvgIpc) is 2.34. The van der Waals surface area contributed by atoms with Crippen molar-refractivity contribution in [3.63, 3.8) is 0 Å².